The van der Waals surface area contributed by atoms with Crippen molar-refractivity contribution in [3.63, 3.8) is 0 Å². The van der Waals surface area contributed by atoms with Crippen molar-refractivity contribution in [1.29, 1.82) is 0 Å². The van der Waals surface area contributed by atoms with Crippen LogP contribution in [0.5, 0.6) is 0 Å². The molecule has 2 aromatic carbocycles. The lowest BCUT2D eigenvalue weighted by Crippen LogP contribution is -2.06. The predicted molar refractivity (Wildman–Crippen MR) is 82.0 cm³/mol. The summed E-state index contributed by atoms with van der Waals surface area (Å²) in [6, 6.07) is 11.6. The van der Waals surface area contributed by atoms with E-state index in [2.05, 4.69) is 10.3 Å². The first-order valence-corrected chi connectivity index (χ1v) is 6.67. The Kier molecular flexibility index (Phi) is 3.38. The number of nitrogens with one attached hydrogen (secondary N) is 2. The van der Waals surface area contributed by atoms with Crippen LogP contribution in [0.4, 0.5) is 11.4 Å². The zero-order valence-corrected chi connectivity index (χ0v) is 11.7. The molecule has 1 unspecified atom stereocenters. The van der Waals surface area contributed by atoms with E-state index in [1.54, 1.807) is 30.3 Å². The first-order valence-electron chi connectivity index (χ1n) is 6.67. The van der Waals surface area contributed by atoms with Crippen LogP contribution in [0.3, 0.4) is 0 Å². The number of nitro groups is 1. The van der Waals surface area contributed by atoms with Crippen LogP contribution in [0.25, 0.3) is 11.1 Å². The quantitative estimate of drug-likeness (QED) is 0.569. The number of aromatic nitrogens is 1. The highest BCUT2D eigenvalue weighted by molar-refractivity contribution is 5.76. The molecule has 7 nitrogen and oxygen atoms in total. The van der Waals surface area contributed by atoms with Gasteiger partial charge in [0.1, 0.15) is 0 Å². The molecule has 112 valence electrons. The van der Waals surface area contributed by atoms with Gasteiger partial charge in [0.15, 0.2) is 5.58 Å². The third kappa shape index (κ3) is 2.69. The van der Waals surface area contributed by atoms with Crippen LogP contribution in [0.1, 0.15) is 18.5 Å². The maximum Gasteiger partial charge on any atom is 0.417 e. The summed E-state index contributed by atoms with van der Waals surface area (Å²) in [4.78, 5) is 24.0. The van der Waals surface area contributed by atoms with Gasteiger partial charge in [-0.15, -0.1) is 0 Å². The van der Waals surface area contributed by atoms with Crippen LogP contribution >= 0.6 is 0 Å². The number of nitro benzene ring substituents is 1. The van der Waals surface area contributed by atoms with Gasteiger partial charge >= 0.3 is 5.76 Å². The zero-order chi connectivity index (χ0) is 15.7. The second-order valence-electron chi connectivity index (χ2n) is 4.94. The summed E-state index contributed by atoms with van der Waals surface area (Å²) in [5.41, 5.74) is 2.92. The summed E-state index contributed by atoms with van der Waals surface area (Å²) in [5.74, 6) is -0.490. The highest BCUT2D eigenvalue weighted by Crippen LogP contribution is 2.23. The molecule has 1 aromatic heterocycles. The van der Waals surface area contributed by atoms with Crippen molar-refractivity contribution < 1.29 is 9.34 Å². The molecule has 0 fully saturated rings. The van der Waals surface area contributed by atoms with Crippen LogP contribution in [0, 0.1) is 10.1 Å². The molecular formula is C15H13N3O4. The third-order valence-electron chi connectivity index (χ3n) is 3.41. The number of nitrogens with zero attached hydrogens (tertiary/aromatic N) is 1. The van der Waals surface area contributed by atoms with Crippen LogP contribution in [0.15, 0.2) is 51.7 Å². The average Bonchev–Trinajstić information content (AvgIpc) is 2.86. The SMILES string of the molecule is CC(Nc1ccc2oc(=O)[nH]c2c1)c1ccc([N+](=O)[O-])cc1. The van der Waals surface area contributed by atoms with E-state index in [9.17, 15) is 14.9 Å². The van der Waals surface area contributed by atoms with E-state index in [4.69, 9.17) is 4.42 Å². The molecule has 0 radical (unpaired) electrons. The number of benzene rings is 2. The lowest BCUT2D eigenvalue weighted by atomic mass is 10.1. The third-order valence-corrected chi connectivity index (χ3v) is 3.41. The summed E-state index contributed by atoms with van der Waals surface area (Å²) >= 11 is 0. The highest BCUT2D eigenvalue weighted by atomic mass is 16.6. The molecule has 0 aliphatic carbocycles. The molecule has 0 amide bonds. The standard InChI is InChI=1S/C15H13N3O4/c1-9(10-2-5-12(6-3-10)18(20)21)16-11-4-7-14-13(8-11)17-15(19)22-14/h2-9,16H,1H3,(H,17,19). The number of aromatic amines is 1. The smallest absolute Gasteiger partial charge is 0.408 e. The molecule has 0 aliphatic heterocycles. The Bertz CT molecular complexity index is 880. The second kappa shape index (κ2) is 5.36. The number of anilines is 1. The highest BCUT2D eigenvalue weighted by Gasteiger charge is 2.10. The number of fused-ring (bicyclic) bond motifs is 1. The first-order chi connectivity index (χ1) is 10.5. The van der Waals surface area contributed by atoms with E-state index < -0.39 is 10.7 Å². The van der Waals surface area contributed by atoms with Gasteiger partial charge < -0.3 is 9.73 Å². The molecule has 0 saturated heterocycles. The number of hydrogen-bond donors (Lipinski definition) is 2. The topological polar surface area (TPSA) is 101 Å². The van der Waals surface area contributed by atoms with Crippen molar-refractivity contribution in [3.05, 3.63) is 68.7 Å². The Morgan fingerprint density at radius 3 is 2.64 bits per heavy atom. The number of H-pyrrole nitrogens is 1. The van der Waals surface area contributed by atoms with E-state index in [-0.39, 0.29) is 11.7 Å². The Labute approximate surface area is 124 Å². The molecule has 0 saturated carbocycles. The van der Waals surface area contributed by atoms with Gasteiger partial charge in [-0.1, -0.05) is 12.1 Å². The normalized spacial score (nSPS) is 12.2. The molecule has 0 bridgehead atoms. The van der Waals surface area contributed by atoms with Gasteiger partial charge in [0.2, 0.25) is 0 Å². The maximum absolute atomic E-state index is 11.1. The molecule has 3 rings (SSSR count). The Morgan fingerprint density at radius 1 is 1.23 bits per heavy atom. The van der Waals surface area contributed by atoms with E-state index >= 15 is 0 Å². The zero-order valence-electron chi connectivity index (χ0n) is 11.7. The van der Waals surface area contributed by atoms with Crippen LogP contribution in [-0.4, -0.2) is 9.91 Å². The van der Waals surface area contributed by atoms with Crippen LogP contribution in [0.2, 0.25) is 0 Å². The molecule has 3 aromatic rings. The Balaban J connectivity index is 1.80. The average molecular weight is 299 g/mol. The van der Waals surface area contributed by atoms with Crippen LogP contribution in [-0.2, 0) is 0 Å². The minimum Gasteiger partial charge on any atom is -0.408 e. The lowest BCUT2D eigenvalue weighted by molar-refractivity contribution is -0.384. The van der Waals surface area contributed by atoms with Gasteiger partial charge in [-0.3, -0.25) is 15.1 Å². The van der Waals surface area contributed by atoms with Crippen molar-refractivity contribution in [2.75, 3.05) is 5.32 Å². The van der Waals surface area contributed by atoms with Crippen molar-refractivity contribution >= 4 is 22.5 Å². The van der Waals surface area contributed by atoms with E-state index in [0.717, 1.165) is 11.3 Å². The number of rotatable bonds is 4. The van der Waals surface area contributed by atoms with Crippen molar-refractivity contribution in [2.45, 2.75) is 13.0 Å². The number of hydrogen-bond acceptors (Lipinski definition) is 5. The number of oxazole rings is 1. The molecule has 0 spiro atoms. The van der Waals surface area contributed by atoms with Crippen molar-refractivity contribution in [1.82, 2.24) is 4.98 Å². The molecule has 0 aliphatic rings. The van der Waals surface area contributed by atoms with Gasteiger partial charge in [0, 0.05) is 23.9 Å². The number of non-ortho nitro benzene ring substituents is 1. The second-order valence-corrected chi connectivity index (χ2v) is 4.94. The summed E-state index contributed by atoms with van der Waals surface area (Å²) < 4.78 is 4.95. The summed E-state index contributed by atoms with van der Waals surface area (Å²) in [5, 5.41) is 13.9. The van der Waals surface area contributed by atoms with Gasteiger partial charge in [-0.25, -0.2) is 4.79 Å². The first kappa shape index (κ1) is 13.9. The van der Waals surface area contributed by atoms with Gasteiger partial charge in [-0.2, -0.15) is 0 Å². The fourth-order valence-electron chi connectivity index (χ4n) is 2.26. The van der Waals surface area contributed by atoms with Gasteiger partial charge in [0.25, 0.3) is 5.69 Å². The minimum absolute atomic E-state index is 0.0446. The Hall–Kier alpha value is -3.09. The van der Waals surface area contributed by atoms with E-state index in [1.807, 2.05) is 6.92 Å². The lowest BCUT2D eigenvalue weighted by Gasteiger charge is -2.15. The predicted octanol–water partition coefficient (Wildman–Crippen LogP) is 3.20. The van der Waals surface area contributed by atoms with Crippen LogP contribution < -0.4 is 11.1 Å². The Morgan fingerprint density at radius 2 is 1.95 bits per heavy atom. The molecule has 1 heterocycles. The monoisotopic (exact) mass is 299 g/mol. The fraction of sp³-hybridized carbons (Fsp3) is 0.133. The molecular weight excluding hydrogens is 286 g/mol. The fourth-order valence-corrected chi connectivity index (χ4v) is 2.26. The molecule has 7 heteroatoms. The van der Waals surface area contributed by atoms with Gasteiger partial charge in [0.05, 0.1) is 10.4 Å². The van der Waals surface area contributed by atoms with Crippen molar-refractivity contribution in [2.24, 2.45) is 0 Å². The molecule has 1 atom stereocenters. The summed E-state index contributed by atoms with van der Waals surface area (Å²) in [6.45, 7) is 1.95. The maximum atomic E-state index is 11.1. The van der Waals surface area contributed by atoms with E-state index in [1.165, 1.54) is 12.1 Å². The molecule has 22 heavy (non-hydrogen) atoms. The van der Waals surface area contributed by atoms with E-state index in [0.29, 0.717) is 11.1 Å². The minimum atomic E-state index is -0.490. The molecule has 2 N–H and O–H groups in total. The van der Waals surface area contributed by atoms with Gasteiger partial charge in [-0.05, 0) is 30.7 Å². The van der Waals surface area contributed by atoms with Crippen molar-refractivity contribution in [3.8, 4) is 0 Å². The largest absolute Gasteiger partial charge is 0.417 e. The summed E-state index contributed by atoms with van der Waals surface area (Å²) in [6.07, 6.45) is 0. The summed E-state index contributed by atoms with van der Waals surface area (Å²) in [7, 11) is 0.